The van der Waals surface area contributed by atoms with Crippen LogP contribution < -0.4 is 0 Å². The second-order valence-corrected chi connectivity index (χ2v) is 2.97. The molecule has 1 heterocycles. The van der Waals surface area contributed by atoms with Crippen molar-refractivity contribution in [2.45, 2.75) is 13.8 Å². The van der Waals surface area contributed by atoms with E-state index in [1.165, 1.54) is 0 Å². The van der Waals surface area contributed by atoms with Crippen LogP contribution >= 0.6 is 0 Å². The molecule has 0 saturated heterocycles. The van der Waals surface area contributed by atoms with Gasteiger partial charge in [-0.15, -0.1) is 5.92 Å². The second kappa shape index (κ2) is 2.99. The van der Waals surface area contributed by atoms with Gasteiger partial charge in [-0.2, -0.15) is 0 Å². The van der Waals surface area contributed by atoms with Gasteiger partial charge >= 0.3 is 0 Å². The highest BCUT2D eigenvalue weighted by molar-refractivity contribution is 5.87. The van der Waals surface area contributed by atoms with E-state index >= 15 is 0 Å². The Morgan fingerprint density at radius 2 is 2.15 bits per heavy atom. The van der Waals surface area contributed by atoms with Gasteiger partial charge in [0.15, 0.2) is 0 Å². The molecule has 0 aliphatic rings. The van der Waals surface area contributed by atoms with Crippen molar-refractivity contribution in [2.75, 3.05) is 0 Å². The molecule has 2 aromatic rings. The van der Waals surface area contributed by atoms with E-state index in [4.69, 9.17) is 4.42 Å². The third kappa shape index (κ3) is 1.21. The van der Waals surface area contributed by atoms with Crippen LogP contribution in [0.1, 0.15) is 18.1 Å². The van der Waals surface area contributed by atoms with Gasteiger partial charge in [-0.1, -0.05) is 12.0 Å². The van der Waals surface area contributed by atoms with Crippen LogP contribution in [0.15, 0.2) is 28.9 Å². The lowest BCUT2D eigenvalue weighted by Crippen LogP contribution is -1.76. The average Bonchev–Trinajstić information content (AvgIpc) is 2.50. The van der Waals surface area contributed by atoms with Crippen LogP contribution in [-0.4, -0.2) is 0 Å². The van der Waals surface area contributed by atoms with Gasteiger partial charge in [0.1, 0.15) is 5.58 Å². The summed E-state index contributed by atoms with van der Waals surface area (Å²) in [6, 6.07) is 5.94. The molecule has 0 aliphatic heterocycles. The molecule has 0 aliphatic carbocycles. The van der Waals surface area contributed by atoms with Gasteiger partial charge in [0, 0.05) is 10.9 Å². The first-order valence-electron chi connectivity index (χ1n) is 4.22. The first-order valence-corrected chi connectivity index (χ1v) is 4.22. The van der Waals surface area contributed by atoms with Gasteiger partial charge in [0.05, 0.1) is 6.26 Å². The maximum Gasteiger partial charge on any atom is 0.135 e. The van der Waals surface area contributed by atoms with Crippen molar-refractivity contribution in [1.29, 1.82) is 0 Å². The van der Waals surface area contributed by atoms with Crippen LogP contribution in [0.25, 0.3) is 11.0 Å². The third-order valence-electron chi connectivity index (χ3n) is 2.04. The second-order valence-electron chi connectivity index (χ2n) is 2.97. The summed E-state index contributed by atoms with van der Waals surface area (Å²) in [6.45, 7) is 3.88. The minimum Gasteiger partial charge on any atom is -0.464 e. The quantitative estimate of drug-likeness (QED) is 0.554. The molecule has 0 N–H and O–H groups in total. The van der Waals surface area contributed by atoms with Crippen LogP contribution in [-0.2, 0) is 0 Å². The van der Waals surface area contributed by atoms with Crippen molar-refractivity contribution < 1.29 is 4.42 Å². The molecule has 13 heavy (non-hydrogen) atoms. The fourth-order valence-corrected chi connectivity index (χ4v) is 1.49. The fourth-order valence-electron chi connectivity index (χ4n) is 1.49. The first-order chi connectivity index (χ1) is 6.33. The number of aryl methyl sites for hydroxylation is 1. The van der Waals surface area contributed by atoms with E-state index in [1.807, 2.05) is 32.0 Å². The monoisotopic (exact) mass is 170 g/mol. The van der Waals surface area contributed by atoms with E-state index in [1.54, 1.807) is 6.26 Å². The van der Waals surface area contributed by atoms with E-state index in [9.17, 15) is 0 Å². The lowest BCUT2D eigenvalue weighted by atomic mass is 10.1. The van der Waals surface area contributed by atoms with Crippen LogP contribution in [0, 0.1) is 18.8 Å². The van der Waals surface area contributed by atoms with Crippen molar-refractivity contribution in [3.63, 3.8) is 0 Å². The van der Waals surface area contributed by atoms with Crippen molar-refractivity contribution >= 4 is 11.0 Å². The van der Waals surface area contributed by atoms with Crippen molar-refractivity contribution in [2.24, 2.45) is 0 Å². The smallest absolute Gasteiger partial charge is 0.135 e. The van der Waals surface area contributed by atoms with Gasteiger partial charge in [-0.05, 0) is 31.5 Å². The Kier molecular flexibility index (Phi) is 1.83. The van der Waals surface area contributed by atoms with E-state index in [0.29, 0.717) is 0 Å². The Balaban J connectivity index is 2.85. The number of furan rings is 1. The Labute approximate surface area is 77.4 Å². The van der Waals surface area contributed by atoms with E-state index in [-0.39, 0.29) is 0 Å². The summed E-state index contributed by atoms with van der Waals surface area (Å²) in [6.07, 6.45) is 1.77. The molecular weight excluding hydrogens is 160 g/mol. The molecule has 0 amide bonds. The summed E-state index contributed by atoms with van der Waals surface area (Å²) in [7, 11) is 0. The molecule has 0 saturated carbocycles. The lowest BCUT2D eigenvalue weighted by Gasteiger charge is -1.93. The molecule has 2 rings (SSSR count). The molecule has 0 atom stereocenters. The zero-order chi connectivity index (χ0) is 9.26. The van der Waals surface area contributed by atoms with Gasteiger partial charge in [-0.3, -0.25) is 0 Å². The van der Waals surface area contributed by atoms with Gasteiger partial charge in [0.25, 0.3) is 0 Å². The van der Waals surface area contributed by atoms with Crippen molar-refractivity contribution in [3.05, 3.63) is 35.6 Å². The highest BCUT2D eigenvalue weighted by Crippen LogP contribution is 2.23. The molecule has 0 fully saturated rings. The number of benzene rings is 1. The predicted molar refractivity (Wildman–Crippen MR) is 53.5 cm³/mol. The first kappa shape index (κ1) is 7.94. The number of hydrogen-bond donors (Lipinski definition) is 0. The Morgan fingerprint density at radius 3 is 2.92 bits per heavy atom. The molecule has 0 radical (unpaired) electrons. The minimum absolute atomic E-state index is 0.915. The molecule has 1 nitrogen and oxygen atoms in total. The van der Waals surface area contributed by atoms with Crippen LogP contribution in [0.5, 0.6) is 0 Å². The summed E-state index contributed by atoms with van der Waals surface area (Å²) < 4.78 is 5.37. The maximum absolute atomic E-state index is 5.37. The summed E-state index contributed by atoms with van der Waals surface area (Å²) in [4.78, 5) is 0. The Hall–Kier alpha value is -1.68. The topological polar surface area (TPSA) is 13.1 Å². The summed E-state index contributed by atoms with van der Waals surface area (Å²) in [5, 5.41) is 1.14. The molecule has 1 heteroatoms. The summed E-state index contributed by atoms with van der Waals surface area (Å²) in [5.74, 6) is 5.97. The summed E-state index contributed by atoms with van der Waals surface area (Å²) >= 11 is 0. The predicted octanol–water partition coefficient (Wildman–Crippen LogP) is 3.11. The van der Waals surface area contributed by atoms with Crippen molar-refractivity contribution in [3.8, 4) is 11.8 Å². The number of hydrogen-bond acceptors (Lipinski definition) is 1. The Morgan fingerprint density at radius 1 is 1.31 bits per heavy atom. The average molecular weight is 170 g/mol. The van der Waals surface area contributed by atoms with E-state index < -0.39 is 0 Å². The SMILES string of the molecule is CC#Cc1cccc2occ(C)c12. The van der Waals surface area contributed by atoms with Crippen LogP contribution in [0.2, 0.25) is 0 Å². The lowest BCUT2D eigenvalue weighted by molar-refractivity contribution is 0.613. The largest absolute Gasteiger partial charge is 0.464 e. The fraction of sp³-hybridized carbons (Fsp3) is 0.167. The van der Waals surface area contributed by atoms with Gasteiger partial charge in [0.2, 0.25) is 0 Å². The van der Waals surface area contributed by atoms with E-state index in [0.717, 1.165) is 22.1 Å². The molecule has 0 unspecified atom stereocenters. The highest BCUT2D eigenvalue weighted by atomic mass is 16.3. The third-order valence-corrected chi connectivity index (χ3v) is 2.04. The number of fused-ring (bicyclic) bond motifs is 1. The Bertz CT molecular complexity index is 495. The van der Waals surface area contributed by atoms with Crippen molar-refractivity contribution in [1.82, 2.24) is 0 Å². The standard InChI is InChI=1S/C12H10O/c1-3-5-10-6-4-7-11-12(10)9(2)8-13-11/h4,6-8H,1-2H3. The molecular formula is C12H10O. The van der Waals surface area contributed by atoms with Gasteiger partial charge < -0.3 is 4.42 Å². The molecule has 1 aromatic carbocycles. The minimum atomic E-state index is 0.915. The zero-order valence-electron chi connectivity index (χ0n) is 7.72. The molecule has 0 spiro atoms. The maximum atomic E-state index is 5.37. The molecule has 0 bridgehead atoms. The van der Waals surface area contributed by atoms with Gasteiger partial charge in [-0.25, -0.2) is 0 Å². The summed E-state index contributed by atoms with van der Waals surface area (Å²) in [5.41, 5.74) is 3.11. The van der Waals surface area contributed by atoms with Crippen LogP contribution in [0.4, 0.5) is 0 Å². The van der Waals surface area contributed by atoms with Crippen LogP contribution in [0.3, 0.4) is 0 Å². The highest BCUT2D eigenvalue weighted by Gasteiger charge is 2.04. The van der Waals surface area contributed by atoms with E-state index in [2.05, 4.69) is 11.8 Å². The zero-order valence-corrected chi connectivity index (χ0v) is 7.72. The number of rotatable bonds is 0. The molecule has 64 valence electrons. The normalized spacial score (nSPS) is 9.69. The molecule has 1 aromatic heterocycles.